The molecule has 2 rings (SSSR count). The summed E-state index contributed by atoms with van der Waals surface area (Å²) in [5, 5.41) is 1.90. The van der Waals surface area contributed by atoms with E-state index in [1.807, 2.05) is 45.0 Å². The summed E-state index contributed by atoms with van der Waals surface area (Å²) < 4.78 is 5.35. The highest BCUT2D eigenvalue weighted by molar-refractivity contribution is 6.34. The molecule has 0 radical (unpaired) electrons. The van der Waals surface area contributed by atoms with Crippen molar-refractivity contribution in [3.8, 4) is 0 Å². The number of ether oxygens (including phenoxy) is 1. The van der Waals surface area contributed by atoms with Crippen LogP contribution in [-0.2, 0) is 4.74 Å². The van der Waals surface area contributed by atoms with Gasteiger partial charge in [-0.2, -0.15) is 0 Å². The summed E-state index contributed by atoms with van der Waals surface area (Å²) in [5.41, 5.74) is -0.0948. The Labute approximate surface area is 111 Å². The predicted octanol–water partition coefficient (Wildman–Crippen LogP) is 3.84. The molecule has 0 atom stereocenters. The van der Waals surface area contributed by atoms with E-state index >= 15 is 0 Å². The standard InChI is InChI=1S/C14H14ClNO2/c1-14(2,3)18-13(17)11-8-16-12(15)10-7-5-4-6-9(10)11/h4-8H,1-3H3. The first-order valence-electron chi connectivity index (χ1n) is 5.65. The van der Waals surface area contributed by atoms with E-state index in [1.165, 1.54) is 6.20 Å². The van der Waals surface area contributed by atoms with Crippen LogP contribution < -0.4 is 0 Å². The molecule has 0 bridgehead atoms. The van der Waals surface area contributed by atoms with Crippen molar-refractivity contribution in [3.05, 3.63) is 41.2 Å². The first-order valence-corrected chi connectivity index (χ1v) is 6.03. The molecule has 94 valence electrons. The Kier molecular flexibility index (Phi) is 3.26. The number of hydrogen-bond donors (Lipinski definition) is 0. The minimum Gasteiger partial charge on any atom is -0.456 e. The average molecular weight is 264 g/mol. The van der Waals surface area contributed by atoms with Crippen LogP contribution in [0.4, 0.5) is 0 Å². The van der Waals surface area contributed by atoms with Gasteiger partial charge in [0, 0.05) is 17.0 Å². The van der Waals surface area contributed by atoms with Crippen LogP contribution in [0.5, 0.6) is 0 Å². The van der Waals surface area contributed by atoms with Crippen LogP contribution in [-0.4, -0.2) is 16.6 Å². The summed E-state index contributed by atoms with van der Waals surface area (Å²) in [6, 6.07) is 7.38. The van der Waals surface area contributed by atoms with E-state index in [4.69, 9.17) is 16.3 Å². The number of nitrogens with zero attached hydrogens (tertiary/aromatic N) is 1. The first-order chi connectivity index (χ1) is 8.38. The Morgan fingerprint density at radius 2 is 1.83 bits per heavy atom. The number of halogens is 1. The number of aromatic nitrogens is 1. The lowest BCUT2D eigenvalue weighted by molar-refractivity contribution is 0.00715. The second-order valence-corrected chi connectivity index (χ2v) is 5.37. The number of carbonyl (C=O) groups excluding carboxylic acids is 1. The third-order valence-electron chi connectivity index (χ3n) is 2.37. The van der Waals surface area contributed by atoms with Gasteiger partial charge in [-0.15, -0.1) is 0 Å². The van der Waals surface area contributed by atoms with Crippen LogP contribution >= 0.6 is 11.6 Å². The van der Waals surface area contributed by atoms with Gasteiger partial charge >= 0.3 is 5.97 Å². The number of pyridine rings is 1. The fourth-order valence-corrected chi connectivity index (χ4v) is 1.87. The lowest BCUT2D eigenvalue weighted by Crippen LogP contribution is -2.24. The molecule has 1 aromatic heterocycles. The highest BCUT2D eigenvalue weighted by Gasteiger charge is 2.20. The van der Waals surface area contributed by atoms with Crippen molar-refractivity contribution in [3.63, 3.8) is 0 Å². The molecule has 1 heterocycles. The number of fused-ring (bicyclic) bond motifs is 1. The quantitative estimate of drug-likeness (QED) is 0.580. The molecule has 3 nitrogen and oxygen atoms in total. The molecular weight excluding hydrogens is 250 g/mol. The summed E-state index contributed by atoms with van der Waals surface area (Å²) in [5.74, 6) is -0.386. The monoisotopic (exact) mass is 263 g/mol. The van der Waals surface area contributed by atoms with Gasteiger partial charge in [-0.3, -0.25) is 0 Å². The molecule has 4 heteroatoms. The normalized spacial score (nSPS) is 11.6. The van der Waals surface area contributed by atoms with E-state index in [9.17, 15) is 4.79 Å². The van der Waals surface area contributed by atoms with Crippen LogP contribution in [0.1, 0.15) is 31.1 Å². The van der Waals surface area contributed by atoms with Gasteiger partial charge in [-0.1, -0.05) is 35.9 Å². The van der Waals surface area contributed by atoms with Crippen molar-refractivity contribution in [1.29, 1.82) is 0 Å². The van der Waals surface area contributed by atoms with E-state index in [2.05, 4.69) is 4.98 Å². The first kappa shape index (κ1) is 12.8. The number of carbonyl (C=O) groups is 1. The summed E-state index contributed by atoms with van der Waals surface area (Å²) >= 11 is 6.00. The Balaban J connectivity index is 2.52. The van der Waals surface area contributed by atoms with Crippen molar-refractivity contribution in [2.75, 3.05) is 0 Å². The van der Waals surface area contributed by atoms with Gasteiger partial charge in [0.25, 0.3) is 0 Å². The minimum absolute atomic E-state index is 0.386. The van der Waals surface area contributed by atoms with Crippen LogP contribution in [0, 0.1) is 0 Å². The molecule has 0 amide bonds. The molecule has 0 fully saturated rings. The number of rotatable bonds is 1. The Morgan fingerprint density at radius 1 is 1.22 bits per heavy atom. The molecule has 1 aromatic carbocycles. The molecule has 0 saturated carbocycles. The smallest absolute Gasteiger partial charge is 0.340 e. The third kappa shape index (κ3) is 2.62. The lowest BCUT2D eigenvalue weighted by Gasteiger charge is -2.20. The number of benzene rings is 1. The van der Waals surface area contributed by atoms with Gasteiger partial charge in [-0.25, -0.2) is 9.78 Å². The van der Waals surface area contributed by atoms with Gasteiger partial charge in [0.05, 0.1) is 5.56 Å². The molecule has 0 N–H and O–H groups in total. The molecule has 2 aromatic rings. The Bertz CT molecular complexity index is 602. The van der Waals surface area contributed by atoms with E-state index < -0.39 is 5.60 Å². The van der Waals surface area contributed by atoms with Gasteiger partial charge in [-0.05, 0) is 20.8 Å². The maximum Gasteiger partial charge on any atom is 0.340 e. The summed E-state index contributed by atoms with van der Waals surface area (Å²) in [6.45, 7) is 5.49. The van der Waals surface area contributed by atoms with Crippen molar-refractivity contribution in [1.82, 2.24) is 4.98 Å². The third-order valence-corrected chi connectivity index (χ3v) is 2.67. The van der Waals surface area contributed by atoms with E-state index in [1.54, 1.807) is 0 Å². The molecule has 0 aliphatic carbocycles. The summed E-state index contributed by atoms with van der Waals surface area (Å²) in [4.78, 5) is 16.1. The molecular formula is C14H14ClNO2. The Hall–Kier alpha value is -1.61. The Morgan fingerprint density at radius 3 is 2.44 bits per heavy atom. The molecule has 0 aliphatic rings. The summed E-state index contributed by atoms with van der Waals surface area (Å²) in [7, 11) is 0. The molecule has 0 spiro atoms. The fourth-order valence-electron chi connectivity index (χ4n) is 1.65. The highest BCUT2D eigenvalue weighted by Crippen LogP contribution is 2.25. The van der Waals surface area contributed by atoms with Gasteiger partial charge in [0.2, 0.25) is 0 Å². The average Bonchev–Trinajstić information content (AvgIpc) is 2.27. The second-order valence-electron chi connectivity index (χ2n) is 5.01. The van der Waals surface area contributed by atoms with E-state index in [0.717, 1.165) is 10.8 Å². The van der Waals surface area contributed by atoms with Crippen LogP contribution in [0.15, 0.2) is 30.5 Å². The largest absolute Gasteiger partial charge is 0.456 e. The van der Waals surface area contributed by atoms with Crippen LogP contribution in [0.2, 0.25) is 5.15 Å². The molecule has 18 heavy (non-hydrogen) atoms. The van der Waals surface area contributed by atoms with Crippen molar-refractivity contribution < 1.29 is 9.53 Å². The van der Waals surface area contributed by atoms with Crippen molar-refractivity contribution in [2.45, 2.75) is 26.4 Å². The lowest BCUT2D eigenvalue weighted by atomic mass is 10.1. The van der Waals surface area contributed by atoms with E-state index in [0.29, 0.717) is 10.7 Å². The zero-order valence-corrected chi connectivity index (χ0v) is 11.3. The highest BCUT2D eigenvalue weighted by atomic mass is 35.5. The number of esters is 1. The van der Waals surface area contributed by atoms with E-state index in [-0.39, 0.29) is 5.97 Å². The van der Waals surface area contributed by atoms with Crippen molar-refractivity contribution >= 4 is 28.3 Å². The molecule has 0 aliphatic heterocycles. The maximum absolute atomic E-state index is 12.1. The second kappa shape index (κ2) is 4.58. The van der Waals surface area contributed by atoms with Gasteiger partial charge in [0.15, 0.2) is 0 Å². The topological polar surface area (TPSA) is 39.2 Å². The molecule has 0 saturated heterocycles. The zero-order chi connectivity index (χ0) is 13.3. The molecule has 0 unspecified atom stereocenters. The predicted molar refractivity (Wildman–Crippen MR) is 71.9 cm³/mol. The number of hydrogen-bond acceptors (Lipinski definition) is 3. The van der Waals surface area contributed by atoms with Crippen molar-refractivity contribution in [2.24, 2.45) is 0 Å². The zero-order valence-electron chi connectivity index (χ0n) is 10.5. The van der Waals surface area contributed by atoms with Crippen LogP contribution in [0.3, 0.4) is 0 Å². The van der Waals surface area contributed by atoms with Gasteiger partial charge < -0.3 is 4.74 Å². The SMILES string of the molecule is CC(C)(C)OC(=O)c1cnc(Cl)c2ccccc12. The van der Waals surface area contributed by atoms with Gasteiger partial charge in [0.1, 0.15) is 10.8 Å². The minimum atomic E-state index is -0.530. The maximum atomic E-state index is 12.1. The summed E-state index contributed by atoms with van der Waals surface area (Å²) in [6.07, 6.45) is 1.46. The van der Waals surface area contributed by atoms with Crippen LogP contribution in [0.25, 0.3) is 10.8 Å². The fraction of sp³-hybridized carbons (Fsp3) is 0.286.